The largest absolute Gasteiger partial charge is 0.312 e. The summed E-state index contributed by atoms with van der Waals surface area (Å²) in [6.45, 7) is 3.96. The van der Waals surface area contributed by atoms with Gasteiger partial charge < -0.3 is 5.32 Å². The molecule has 3 aromatic heterocycles. The van der Waals surface area contributed by atoms with Crippen molar-refractivity contribution < 1.29 is 0 Å². The van der Waals surface area contributed by atoms with Crippen molar-refractivity contribution in [3.63, 3.8) is 0 Å². The minimum Gasteiger partial charge on any atom is -0.312 e. The van der Waals surface area contributed by atoms with E-state index in [0.717, 1.165) is 42.6 Å². The van der Waals surface area contributed by atoms with Crippen LogP contribution in [0.3, 0.4) is 0 Å². The second-order valence-electron chi connectivity index (χ2n) is 5.89. The number of hydrogen-bond acceptors (Lipinski definition) is 5. The summed E-state index contributed by atoms with van der Waals surface area (Å²) in [5.41, 5.74) is 1.35. The molecule has 6 heteroatoms. The third kappa shape index (κ3) is 2.55. The van der Waals surface area contributed by atoms with Gasteiger partial charge in [-0.2, -0.15) is 0 Å². The molecule has 0 unspecified atom stereocenters. The predicted octanol–water partition coefficient (Wildman–Crippen LogP) is 3.55. The molecule has 23 heavy (non-hydrogen) atoms. The van der Waals surface area contributed by atoms with Gasteiger partial charge in [-0.05, 0) is 36.4 Å². The van der Waals surface area contributed by atoms with Crippen molar-refractivity contribution in [1.29, 1.82) is 0 Å². The highest BCUT2D eigenvalue weighted by Crippen LogP contribution is 2.31. The van der Waals surface area contributed by atoms with E-state index < -0.39 is 0 Å². The average molecular weight is 345 g/mol. The van der Waals surface area contributed by atoms with Crippen LogP contribution in [0.5, 0.6) is 0 Å². The van der Waals surface area contributed by atoms with Gasteiger partial charge in [-0.1, -0.05) is 19.4 Å². The molecule has 0 saturated heterocycles. The Morgan fingerprint density at radius 2 is 2.39 bits per heavy atom. The molecule has 0 bridgehead atoms. The van der Waals surface area contributed by atoms with Crippen LogP contribution in [-0.2, 0) is 13.0 Å². The molecule has 4 nitrogen and oxygen atoms in total. The summed E-state index contributed by atoms with van der Waals surface area (Å²) in [6.07, 6.45) is 4.67. The van der Waals surface area contributed by atoms with E-state index in [-0.39, 0.29) is 11.6 Å². The number of nitrogens with one attached hydrogen (secondary N) is 1. The lowest BCUT2D eigenvalue weighted by molar-refractivity contribution is 0.522. The topological polar surface area (TPSA) is 46.9 Å². The first-order chi connectivity index (χ1) is 11.3. The van der Waals surface area contributed by atoms with E-state index in [4.69, 9.17) is 0 Å². The molecular formula is C17H19N3OS2. The van der Waals surface area contributed by atoms with Crippen LogP contribution in [0, 0.1) is 0 Å². The predicted molar refractivity (Wildman–Crippen MR) is 96.7 cm³/mol. The maximum absolute atomic E-state index is 13.2. The van der Waals surface area contributed by atoms with Crippen LogP contribution in [0.15, 0.2) is 28.6 Å². The molecule has 1 aliphatic heterocycles. The van der Waals surface area contributed by atoms with Crippen molar-refractivity contribution in [2.75, 3.05) is 6.54 Å². The Labute approximate surface area is 142 Å². The number of thiophene rings is 2. The van der Waals surface area contributed by atoms with E-state index >= 15 is 0 Å². The van der Waals surface area contributed by atoms with E-state index in [1.165, 1.54) is 15.3 Å². The highest BCUT2D eigenvalue weighted by atomic mass is 32.1. The van der Waals surface area contributed by atoms with Gasteiger partial charge in [-0.25, -0.2) is 4.98 Å². The average Bonchev–Trinajstić information content (AvgIpc) is 3.21. The van der Waals surface area contributed by atoms with Gasteiger partial charge in [0.15, 0.2) is 0 Å². The number of nitrogens with zero attached hydrogens (tertiary/aromatic N) is 2. The molecule has 0 spiro atoms. The summed E-state index contributed by atoms with van der Waals surface area (Å²) in [7, 11) is 0. The summed E-state index contributed by atoms with van der Waals surface area (Å²) in [4.78, 5) is 21.2. The Balaban J connectivity index is 1.90. The van der Waals surface area contributed by atoms with E-state index in [0.29, 0.717) is 0 Å². The standard InChI is InChI=1S/C17H19N3OS2/c1-2-4-12(13-5-3-8-22-13)20-10-19-16-15(17(20)21)11-6-7-18-9-14(11)23-16/h3,5,8,10,12,18H,2,4,6-7,9H2,1H3/t12-/m1/s1. The first kappa shape index (κ1) is 15.1. The molecule has 0 aromatic carbocycles. The lowest BCUT2D eigenvalue weighted by atomic mass is 10.1. The summed E-state index contributed by atoms with van der Waals surface area (Å²) < 4.78 is 1.85. The van der Waals surface area contributed by atoms with Crippen LogP contribution in [0.25, 0.3) is 10.2 Å². The zero-order valence-corrected chi connectivity index (χ0v) is 14.7. The van der Waals surface area contributed by atoms with Gasteiger partial charge >= 0.3 is 0 Å². The molecule has 120 valence electrons. The van der Waals surface area contributed by atoms with Crippen LogP contribution in [0.1, 0.15) is 41.1 Å². The summed E-state index contributed by atoms with van der Waals surface area (Å²) in [5.74, 6) is 0. The molecule has 0 fully saturated rings. The molecule has 1 atom stereocenters. The Morgan fingerprint density at radius 1 is 1.48 bits per heavy atom. The third-order valence-electron chi connectivity index (χ3n) is 4.43. The summed E-state index contributed by atoms with van der Waals surface area (Å²) in [5, 5.41) is 6.31. The Morgan fingerprint density at radius 3 is 3.17 bits per heavy atom. The van der Waals surface area contributed by atoms with Gasteiger partial charge in [-0.15, -0.1) is 22.7 Å². The third-order valence-corrected chi connectivity index (χ3v) is 6.54. The maximum Gasteiger partial charge on any atom is 0.262 e. The molecule has 1 N–H and O–H groups in total. The van der Waals surface area contributed by atoms with Gasteiger partial charge in [-0.3, -0.25) is 9.36 Å². The molecular weight excluding hydrogens is 326 g/mol. The van der Waals surface area contributed by atoms with Crippen LogP contribution in [0.2, 0.25) is 0 Å². The van der Waals surface area contributed by atoms with E-state index in [1.807, 2.05) is 4.57 Å². The molecule has 0 radical (unpaired) electrons. The van der Waals surface area contributed by atoms with E-state index in [1.54, 1.807) is 29.0 Å². The Bertz CT molecular complexity index is 879. The fourth-order valence-corrected chi connectivity index (χ4v) is 5.33. The van der Waals surface area contributed by atoms with Crippen molar-refractivity contribution >= 4 is 32.9 Å². The Hall–Kier alpha value is -1.50. The van der Waals surface area contributed by atoms with Gasteiger partial charge in [0.05, 0.1) is 17.8 Å². The van der Waals surface area contributed by atoms with Crippen molar-refractivity contribution in [2.45, 2.75) is 38.8 Å². The lowest BCUT2D eigenvalue weighted by Gasteiger charge is -2.18. The van der Waals surface area contributed by atoms with E-state index in [9.17, 15) is 4.79 Å². The molecule has 4 heterocycles. The number of aromatic nitrogens is 2. The highest BCUT2D eigenvalue weighted by molar-refractivity contribution is 7.18. The highest BCUT2D eigenvalue weighted by Gasteiger charge is 2.22. The first-order valence-electron chi connectivity index (χ1n) is 8.05. The number of hydrogen-bond donors (Lipinski definition) is 1. The lowest BCUT2D eigenvalue weighted by Crippen LogP contribution is -2.27. The summed E-state index contributed by atoms with van der Waals surface area (Å²) in [6, 6.07) is 4.27. The monoisotopic (exact) mass is 345 g/mol. The van der Waals surface area contributed by atoms with Gasteiger partial charge in [0.1, 0.15) is 4.83 Å². The molecule has 0 amide bonds. The fourth-order valence-electron chi connectivity index (χ4n) is 3.32. The van der Waals surface area contributed by atoms with Gasteiger partial charge in [0.25, 0.3) is 5.56 Å². The molecule has 3 aromatic rings. The number of rotatable bonds is 4. The zero-order valence-electron chi connectivity index (χ0n) is 13.0. The summed E-state index contributed by atoms with van der Waals surface area (Å²) >= 11 is 3.38. The fraction of sp³-hybridized carbons (Fsp3) is 0.412. The second kappa shape index (κ2) is 6.19. The smallest absolute Gasteiger partial charge is 0.262 e. The minimum atomic E-state index is 0.0988. The van der Waals surface area contributed by atoms with Crippen molar-refractivity contribution in [3.8, 4) is 0 Å². The number of fused-ring (bicyclic) bond motifs is 3. The van der Waals surface area contributed by atoms with Crippen molar-refractivity contribution in [3.05, 3.63) is 49.5 Å². The second-order valence-corrected chi connectivity index (χ2v) is 7.95. The maximum atomic E-state index is 13.2. The molecule has 1 aliphatic rings. The van der Waals surface area contributed by atoms with Crippen molar-refractivity contribution in [1.82, 2.24) is 14.9 Å². The van der Waals surface area contributed by atoms with Crippen molar-refractivity contribution in [2.24, 2.45) is 0 Å². The van der Waals surface area contributed by atoms with Crippen LogP contribution >= 0.6 is 22.7 Å². The quantitative estimate of drug-likeness (QED) is 0.786. The van der Waals surface area contributed by atoms with Crippen LogP contribution in [-0.4, -0.2) is 16.1 Å². The first-order valence-corrected chi connectivity index (χ1v) is 9.74. The molecule has 0 aliphatic carbocycles. The normalized spacial score (nSPS) is 15.7. The molecule has 4 rings (SSSR count). The van der Waals surface area contributed by atoms with E-state index in [2.05, 4.69) is 34.7 Å². The van der Waals surface area contributed by atoms with Gasteiger partial charge in [0.2, 0.25) is 0 Å². The minimum absolute atomic E-state index is 0.0988. The van der Waals surface area contributed by atoms with Gasteiger partial charge in [0, 0.05) is 16.3 Å². The van der Waals surface area contributed by atoms with Crippen LogP contribution in [0.4, 0.5) is 0 Å². The molecule has 0 saturated carbocycles. The van der Waals surface area contributed by atoms with Crippen LogP contribution < -0.4 is 10.9 Å². The SMILES string of the molecule is CCC[C@H](c1cccs1)n1cnc2sc3c(c2c1=O)CCNC3. The Kier molecular flexibility index (Phi) is 4.05. The zero-order chi connectivity index (χ0) is 15.8.